The Hall–Kier alpha value is -1.38. The highest BCUT2D eigenvalue weighted by Crippen LogP contribution is 2.33. The van der Waals surface area contributed by atoms with Gasteiger partial charge in [0.1, 0.15) is 9.93 Å². The number of nitrogens with zero attached hydrogens (tertiary/aromatic N) is 2. The molecule has 1 aliphatic heterocycles. The Morgan fingerprint density at radius 2 is 2.00 bits per heavy atom. The van der Waals surface area contributed by atoms with Crippen LogP contribution in [0.3, 0.4) is 0 Å². The van der Waals surface area contributed by atoms with Gasteiger partial charge in [0.15, 0.2) is 0 Å². The number of benzene rings is 1. The Morgan fingerprint density at radius 3 is 2.60 bits per heavy atom. The first-order valence-corrected chi connectivity index (χ1v) is 12.0. The van der Waals surface area contributed by atoms with Gasteiger partial charge < -0.3 is 15.3 Å². The third-order valence-electron chi connectivity index (χ3n) is 5.38. The van der Waals surface area contributed by atoms with E-state index in [0.717, 1.165) is 53.5 Å². The molecule has 0 spiro atoms. The Bertz CT molecular complexity index is 898. The minimum Gasteiger partial charge on any atom is -0.381 e. The van der Waals surface area contributed by atoms with Gasteiger partial charge in [0.25, 0.3) is 5.91 Å². The zero-order valence-electron chi connectivity index (χ0n) is 17.7. The zero-order valence-corrected chi connectivity index (χ0v) is 20.6. The number of aryl methyl sites for hydroxylation is 1. The number of carbonyl (C=O) groups is 1. The van der Waals surface area contributed by atoms with Crippen molar-refractivity contribution >= 4 is 45.9 Å². The van der Waals surface area contributed by atoms with E-state index < -0.39 is 4.11 Å². The first-order chi connectivity index (χ1) is 14.3. The van der Waals surface area contributed by atoms with Crippen molar-refractivity contribution in [3.8, 4) is 11.1 Å². The number of halogens is 2. The third-order valence-corrected chi connectivity index (χ3v) is 6.67. The normalized spacial score (nSPS) is 16.0. The van der Waals surface area contributed by atoms with Crippen molar-refractivity contribution in [2.75, 3.05) is 18.0 Å². The number of aliphatic hydroxyl groups is 1. The second-order valence-electron chi connectivity index (χ2n) is 8.34. The highest BCUT2D eigenvalue weighted by Gasteiger charge is 2.23. The molecule has 30 heavy (non-hydrogen) atoms. The molecule has 0 aliphatic carbocycles. The van der Waals surface area contributed by atoms with Crippen LogP contribution in [0, 0.1) is 12.8 Å². The van der Waals surface area contributed by atoms with Gasteiger partial charge in [-0.15, -0.1) is 0 Å². The Balaban J connectivity index is 1.96. The first kappa shape index (κ1) is 23.3. The summed E-state index contributed by atoms with van der Waals surface area (Å²) < 4.78 is -0.649. The van der Waals surface area contributed by atoms with Crippen LogP contribution in [0.1, 0.15) is 49.0 Å². The van der Waals surface area contributed by atoms with Gasteiger partial charge in [-0.3, -0.25) is 4.79 Å². The summed E-state index contributed by atoms with van der Waals surface area (Å²) in [6, 6.07) is 7.50. The maximum absolute atomic E-state index is 13.0. The standard InChI is InChI=1S/C23H29ClIN3O2/c1-14(2)10-20(21(25)29)27-23(30)17-12-18(16-6-7-19(24)15(3)11-16)22(26-13-17)28-8-4-5-9-28/h6-7,11-14,20-21,29H,4-5,8-10H2,1-3H3,(H,27,30)/t20-,21?/m1/s1. The molecule has 1 amide bonds. The minimum atomic E-state index is -0.649. The van der Waals surface area contributed by atoms with Crippen LogP contribution in [0.25, 0.3) is 11.1 Å². The van der Waals surface area contributed by atoms with Crippen LogP contribution in [-0.2, 0) is 0 Å². The largest absolute Gasteiger partial charge is 0.381 e. The zero-order chi connectivity index (χ0) is 21.8. The molecule has 2 heterocycles. The number of hydrogen-bond acceptors (Lipinski definition) is 4. The van der Waals surface area contributed by atoms with Gasteiger partial charge >= 0.3 is 0 Å². The van der Waals surface area contributed by atoms with E-state index in [1.54, 1.807) is 6.20 Å². The van der Waals surface area contributed by atoms with Crippen molar-refractivity contribution in [2.45, 2.75) is 50.2 Å². The lowest BCUT2D eigenvalue weighted by atomic mass is 10.0. The smallest absolute Gasteiger partial charge is 0.253 e. The fourth-order valence-corrected chi connectivity index (χ4v) is 4.38. The average Bonchev–Trinajstić information content (AvgIpc) is 3.23. The SMILES string of the molecule is Cc1cc(-c2cc(C(=O)N[C@H](CC(C)C)C(O)I)cnc2N2CCCC2)ccc1Cl. The van der Waals surface area contributed by atoms with Crippen molar-refractivity contribution in [1.29, 1.82) is 0 Å². The summed E-state index contributed by atoms with van der Waals surface area (Å²) in [5.41, 5.74) is 3.40. The number of alkyl halides is 1. The molecule has 3 rings (SSSR count). The van der Waals surface area contributed by atoms with E-state index in [-0.39, 0.29) is 11.9 Å². The van der Waals surface area contributed by atoms with Crippen molar-refractivity contribution in [3.05, 3.63) is 46.6 Å². The lowest BCUT2D eigenvalue weighted by molar-refractivity contribution is 0.0901. The summed E-state index contributed by atoms with van der Waals surface area (Å²) in [6.07, 6.45) is 4.64. The maximum Gasteiger partial charge on any atom is 0.253 e. The van der Waals surface area contributed by atoms with E-state index in [1.165, 1.54) is 0 Å². The molecule has 1 fully saturated rings. The molecular formula is C23H29ClIN3O2. The molecule has 1 aliphatic rings. The van der Waals surface area contributed by atoms with E-state index in [1.807, 2.05) is 53.8 Å². The molecule has 2 atom stereocenters. The summed E-state index contributed by atoms with van der Waals surface area (Å²) in [7, 11) is 0. The van der Waals surface area contributed by atoms with Crippen LogP contribution >= 0.6 is 34.2 Å². The van der Waals surface area contributed by atoms with Crippen LogP contribution < -0.4 is 10.2 Å². The molecular weight excluding hydrogens is 513 g/mol. The number of rotatable bonds is 7. The highest BCUT2D eigenvalue weighted by atomic mass is 127. The summed E-state index contributed by atoms with van der Waals surface area (Å²) in [5.74, 6) is 1.05. The molecule has 162 valence electrons. The van der Waals surface area contributed by atoms with Crippen LogP contribution in [0.15, 0.2) is 30.5 Å². The van der Waals surface area contributed by atoms with Gasteiger partial charge in [-0.2, -0.15) is 0 Å². The lowest BCUT2D eigenvalue weighted by Gasteiger charge is -2.23. The van der Waals surface area contributed by atoms with E-state index >= 15 is 0 Å². The van der Waals surface area contributed by atoms with Gasteiger partial charge in [-0.05, 0) is 84.0 Å². The monoisotopic (exact) mass is 541 g/mol. The number of amides is 1. The van der Waals surface area contributed by atoms with Crippen LogP contribution in [-0.4, -0.2) is 39.2 Å². The number of hydrogen-bond donors (Lipinski definition) is 2. The number of aromatic nitrogens is 1. The molecule has 5 nitrogen and oxygen atoms in total. The average molecular weight is 542 g/mol. The summed E-state index contributed by atoms with van der Waals surface area (Å²) in [6.45, 7) is 8.06. The second-order valence-corrected chi connectivity index (χ2v) is 10.0. The summed E-state index contributed by atoms with van der Waals surface area (Å²) in [4.78, 5) is 19.9. The molecule has 1 saturated heterocycles. The fraction of sp³-hybridized carbons (Fsp3) is 0.478. The van der Waals surface area contributed by atoms with Crippen molar-refractivity contribution in [1.82, 2.24) is 10.3 Å². The van der Waals surface area contributed by atoms with E-state index in [4.69, 9.17) is 16.6 Å². The molecule has 0 bridgehead atoms. The van der Waals surface area contributed by atoms with E-state index in [9.17, 15) is 9.90 Å². The summed E-state index contributed by atoms with van der Waals surface area (Å²) in [5, 5.41) is 13.8. The Labute approximate surface area is 197 Å². The van der Waals surface area contributed by atoms with Crippen molar-refractivity contribution in [3.63, 3.8) is 0 Å². The third kappa shape index (κ3) is 5.65. The Morgan fingerprint density at radius 1 is 1.30 bits per heavy atom. The predicted octanol–water partition coefficient (Wildman–Crippen LogP) is 5.21. The molecule has 0 radical (unpaired) electrons. The molecule has 7 heteroatoms. The molecule has 2 aromatic rings. The van der Waals surface area contributed by atoms with Gasteiger partial charge in [-0.25, -0.2) is 4.98 Å². The van der Waals surface area contributed by atoms with Gasteiger partial charge in [0.2, 0.25) is 0 Å². The molecule has 2 N–H and O–H groups in total. The van der Waals surface area contributed by atoms with Gasteiger partial charge in [0, 0.05) is 29.9 Å². The molecule has 1 aromatic carbocycles. The van der Waals surface area contributed by atoms with Crippen molar-refractivity contribution < 1.29 is 9.90 Å². The van der Waals surface area contributed by atoms with Crippen LogP contribution in [0.4, 0.5) is 5.82 Å². The molecule has 1 aromatic heterocycles. The molecule has 0 saturated carbocycles. The molecule has 1 unspecified atom stereocenters. The lowest BCUT2D eigenvalue weighted by Crippen LogP contribution is -2.41. The Kier molecular flexibility index (Phi) is 7.98. The van der Waals surface area contributed by atoms with Crippen molar-refractivity contribution in [2.24, 2.45) is 5.92 Å². The van der Waals surface area contributed by atoms with E-state index in [0.29, 0.717) is 17.9 Å². The fourth-order valence-electron chi connectivity index (χ4n) is 3.79. The summed E-state index contributed by atoms with van der Waals surface area (Å²) >= 11 is 8.18. The highest BCUT2D eigenvalue weighted by molar-refractivity contribution is 14.1. The predicted molar refractivity (Wildman–Crippen MR) is 132 cm³/mol. The number of anilines is 1. The second kappa shape index (κ2) is 10.3. The maximum atomic E-state index is 13.0. The van der Waals surface area contributed by atoms with Crippen LogP contribution in [0.2, 0.25) is 5.02 Å². The topological polar surface area (TPSA) is 65.5 Å². The van der Waals surface area contributed by atoms with Gasteiger partial charge in [0.05, 0.1) is 11.6 Å². The number of aliphatic hydroxyl groups excluding tert-OH is 1. The number of pyridine rings is 1. The van der Waals surface area contributed by atoms with E-state index in [2.05, 4.69) is 24.1 Å². The quantitative estimate of drug-likeness (QED) is 0.373. The number of nitrogens with one attached hydrogen (secondary N) is 1. The van der Waals surface area contributed by atoms with Crippen LogP contribution in [0.5, 0.6) is 0 Å². The minimum absolute atomic E-state index is 0.219. The van der Waals surface area contributed by atoms with Gasteiger partial charge in [-0.1, -0.05) is 31.5 Å². The number of carbonyl (C=O) groups excluding carboxylic acids is 1. The first-order valence-electron chi connectivity index (χ1n) is 10.4.